The van der Waals surface area contributed by atoms with Gasteiger partial charge in [0.1, 0.15) is 0 Å². The Morgan fingerprint density at radius 3 is 2.80 bits per heavy atom. The van der Waals surface area contributed by atoms with E-state index in [4.69, 9.17) is 5.73 Å². The highest BCUT2D eigenvalue weighted by Gasteiger charge is 2.19. The van der Waals surface area contributed by atoms with Gasteiger partial charge in [0.25, 0.3) is 0 Å². The molecule has 0 aliphatic rings. The van der Waals surface area contributed by atoms with Crippen molar-refractivity contribution in [3.8, 4) is 0 Å². The molecule has 3 heteroatoms. The van der Waals surface area contributed by atoms with Gasteiger partial charge in [-0.1, -0.05) is 32.3 Å². The molecule has 1 rings (SSSR count). The monoisotopic (exact) mass is 227 g/mol. The molecule has 0 amide bonds. The predicted molar refractivity (Wildman–Crippen MR) is 66.3 cm³/mol. The Morgan fingerprint density at radius 2 is 2.27 bits per heavy atom. The van der Waals surface area contributed by atoms with Crippen molar-refractivity contribution < 1.29 is 5.11 Å². The zero-order valence-corrected chi connectivity index (χ0v) is 10.2. The van der Waals surface area contributed by atoms with Gasteiger partial charge in [-0.3, -0.25) is 0 Å². The Kier molecular flexibility index (Phi) is 5.91. The van der Waals surface area contributed by atoms with E-state index < -0.39 is 0 Å². The van der Waals surface area contributed by atoms with Crippen molar-refractivity contribution >= 4 is 11.3 Å². The first-order chi connectivity index (χ1) is 7.29. The molecule has 0 aromatic carbocycles. The van der Waals surface area contributed by atoms with E-state index in [0.29, 0.717) is 6.54 Å². The number of hydrogen-bond acceptors (Lipinski definition) is 3. The fraction of sp³-hybridized carbons (Fsp3) is 0.667. The van der Waals surface area contributed by atoms with E-state index in [0.717, 1.165) is 12.8 Å². The van der Waals surface area contributed by atoms with Crippen LogP contribution in [0.4, 0.5) is 0 Å². The predicted octanol–water partition coefficient (Wildman–Crippen LogP) is 2.73. The molecule has 1 aromatic rings. The molecule has 2 unspecified atom stereocenters. The van der Waals surface area contributed by atoms with Crippen LogP contribution in [0, 0.1) is 0 Å². The molecule has 1 aromatic heterocycles. The zero-order valence-electron chi connectivity index (χ0n) is 9.36. The second-order valence-corrected chi connectivity index (χ2v) is 4.90. The van der Waals surface area contributed by atoms with Crippen molar-refractivity contribution in [2.75, 3.05) is 6.54 Å². The maximum Gasteiger partial charge on any atom is 0.0628 e. The summed E-state index contributed by atoms with van der Waals surface area (Å²) in [5.41, 5.74) is 5.72. The van der Waals surface area contributed by atoms with Crippen LogP contribution in [-0.4, -0.2) is 17.8 Å². The fourth-order valence-corrected chi connectivity index (χ4v) is 2.67. The lowest BCUT2D eigenvalue weighted by Gasteiger charge is -2.20. The van der Waals surface area contributed by atoms with Crippen molar-refractivity contribution in [3.63, 3.8) is 0 Å². The Labute approximate surface area is 96.1 Å². The molecule has 0 bridgehead atoms. The van der Waals surface area contributed by atoms with Crippen molar-refractivity contribution in [3.05, 3.63) is 22.4 Å². The van der Waals surface area contributed by atoms with Gasteiger partial charge in [0, 0.05) is 17.3 Å². The third-order valence-corrected chi connectivity index (χ3v) is 3.73. The third-order valence-electron chi connectivity index (χ3n) is 2.73. The number of hydrogen-bond donors (Lipinski definition) is 2. The van der Waals surface area contributed by atoms with Gasteiger partial charge >= 0.3 is 0 Å². The van der Waals surface area contributed by atoms with Gasteiger partial charge in [0.2, 0.25) is 0 Å². The van der Waals surface area contributed by atoms with Crippen LogP contribution in [0.2, 0.25) is 0 Å². The Hall–Kier alpha value is -0.380. The van der Waals surface area contributed by atoms with Crippen LogP contribution in [-0.2, 0) is 0 Å². The number of unbranched alkanes of at least 4 members (excludes halogenated alkanes) is 2. The fourth-order valence-electron chi connectivity index (χ4n) is 1.77. The van der Waals surface area contributed by atoms with Crippen molar-refractivity contribution in [1.29, 1.82) is 0 Å². The summed E-state index contributed by atoms with van der Waals surface area (Å²) in [7, 11) is 0. The van der Waals surface area contributed by atoms with Gasteiger partial charge in [0.05, 0.1) is 6.10 Å². The highest BCUT2D eigenvalue weighted by atomic mass is 32.1. The summed E-state index contributed by atoms with van der Waals surface area (Å²) >= 11 is 1.68. The van der Waals surface area contributed by atoms with E-state index in [9.17, 15) is 5.11 Å². The minimum atomic E-state index is -0.278. The third kappa shape index (κ3) is 3.93. The highest BCUT2D eigenvalue weighted by Crippen LogP contribution is 2.26. The zero-order chi connectivity index (χ0) is 11.1. The molecule has 86 valence electrons. The number of rotatable bonds is 7. The van der Waals surface area contributed by atoms with Crippen molar-refractivity contribution in [2.45, 2.75) is 44.6 Å². The lowest BCUT2D eigenvalue weighted by atomic mass is 9.96. The normalized spacial score (nSPS) is 15.1. The molecule has 0 aliphatic heterocycles. The largest absolute Gasteiger partial charge is 0.392 e. The van der Waals surface area contributed by atoms with Gasteiger partial charge in [-0.15, -0.1) is 11.3 Å². The van der Waals surface area contributed by atoms with Crippen LogP contribution in [0.3, 0.4) is 0 Å². The smallest absolute Gasteiger partial charge is 0.0628 e. The van der Waals surface area contributed by atoms with E-state index in [1.165, 1.54) is 17.7 Å². The molecule has 15 heavy (non-hydrogen) atoms. The second-order valence-electron chi connectivity index (χ2n) is 3.92. The number of nitrogens with two attached hydrogens (primary N) is 1. The van der Waals surface area contributed by atoms with Gasteiger partial charge in [-0.25, -0.2) is 0 Å². The molecular formula is C12H21NOS. The SMILES string of the molecule is CCCCCC(O)C(CN)c1cccs1. The molecule has 0 radical (unpaired) electrons. The van der Waals surface area contributed by atoms with Crippen LogP contribution in [0.15, 0.2) is 17.5 Å². The summed E-state index contributed by atoms with van der Waals surface area (Å²) in [4.78, 5) is 1.21. The van der Waals surface area contributed by atoms with Crippen LogP contribution >= 0.6 is 11.3 Å². The van der Waals surface area contributed by atoms with Crippen molar-refractivity contribution in [2.24, 2.45) is 5.73 Å². The molecule has 3 N–H and O–H groups in total. The summed E-state index contributed by atoms with van der Waals surface area (Å²) < 4.78 is 0. The van der Waals surface area contributed by atoms with Crippen LogP contribution in [0.25, 0.3) is 0 Å². The molecular weight excluding hydrogens is 206 g/mol. The minimum Gasteiger partial charge on any atom is -0.392 e. The first kappa shape index (κ1) is 12.7. The molecule has 0 saturated carbocycles. The lowest BCUT2D eigenvalue weighted by Crippen LogP contribution is -2.25. The first-order valence-electron chi connectivity index (χ1n) is 5.71. The standard InChI is InChI=1S/C12H21NOS/c1-2-3-4-6-11(14)10(9-13)12-7-5-8-15-12/h5,7-8,10-11,14H,2-4,6,9,13H2,1H3. The first-order valence-corrected chi connectivity index (χ1v) is 6.59. The van der Waals surface area contributed by atoms with Crippen molar-refractivity contribution in [1.82, 2.24) is 0 Å². The van der Waals surface area contributed by atoms with Crippen LogP contribution in [0.1, 0.15) is 43.4 Å². The van der Waals surface area contributed by atoms with E-state index >= 15 is 0 Å². The summed E-state index contributed by atoms with van der Waals surface area (Å²) in [6.07, 6.45) is 4.07. The quantitative estimate of drug-likeness (QED) is 0.704. The second kappa shape index (κ2) is 6.99. The van der Waals surface area contributed by atoms with E-state index in [-0.39, 0.29) is 12.0 Å². The summed E-state index contributed by atoms with van der Waals surface area (Å²) in [5.74, 6) is 0.127. The number of aliphatic hydroxyl groups is 1. The summed E-state index contributed by atoms with van der Waals surface area (Å²) in [6, 6.07) is 4.08. The molecule has 0 saturated heterocycles. The van der Waals surface area contributed by atoms with E-state index in [2.05, 4.69) is 13.0 Å². The summed E-state index contributed by atoms with van der Waals surface area (Å²) in [6.45, 7) is 2.71. The minimum absolute atomic E-state index is 0.127. The molecule has 2 atom stereocenters. The van der Waals surface area contributed by atoms with Gasteiger partial charge in [-0.05, 0) is 17.9 Å². The Balaban J connectivity index is 2.44. The van der Waals surface area contributed by atoms with Crippen LogP contribution < -0.4 is 5.73 Å². The maximum absolute atomic E-state index is 10.0. The molecule has 1 heterocycles. The van der Waals surface area contributed by atoms with Gasteiger partial charge in [-0.2, -0.15) is 0 Å². The highest BCUT2D eigenvalue weighted by molar-refractivity contribution is 7.10. The maximum atomic E-state index is 10.0. The number of aliphatic hydroxyl groups excluding tert-OH is 1. The Morgan fingerprint density at radius 1 is 1.47 bits per heavy atom. The average Bonchev–Trinajstić information content (AvgIpc) is 2.73. The van der Waals surface area contributed by atoms with Gasteiger partial charge < -0.3 is 10.8 Å². The topological polar surface area (TPSA) is 46.2 Å². The van der Waals surface area contributed by atoms with E-state index in [1.54, 1.807) is 11.3 Å². The average molecular weight is 227 g/mol. The van der Waals surface area contributed by atoms with Gasteiger partial charge in [0.15, 0.2) is 0 Å². The molecule has 0 spiro atoms. The van der Waals surface area contributed by atoms with Crippen LogP contribution in [0.5, 0.6) is 0 Å². The lowest BCUT2D eigenvalue weighted by molar-refractivity contribution is 0.133. The molecule has 2 nitrogen and oxygen atoms in total. The summed E-state index contributed by atoms with van der Waals surface area (Å²) in [5, 5.41) is 12.1. The van der Waals surface area contributed by atoms with E-state index in [1.807, 2.05) is 11.4 Å². The Bertz CT molecular complexity index is 248. The molecule has 0 aliphatic carbocycles. The number of thiophene rings is 1. The molecule has 0 fully saturated rings.